The summed E-state index contributed by atoms with van der Waals surface area (Å²) < 4.78 is 0. The van der Waals surface area contributed by atoms with Crippen LogP contribution in [0.4, 0.5) is 5.13 Å². The lowest BCUT2D eigenvalue weighted by Crippen LogP contribution is -2.17. The highest BCUT2D eigenvalue weighted by atomic mass is 35.5. The number of carbonyl (C=O) groups is 1. The number of carbonyl (C=O) groups excluding carboxylic acids is 1. The van der Waals surface area contributed by atoms with Crippen molar-refractivity contribution in [2.45, 2.75) is 20.8 Å². The fourth-order valence-electron chi connectivity index (χ4n) is 1.58. The molecular weight excluding hydrogens is 280 g/mol. The molecule has 100 valence electrons. The topological polar surface area (TPSA) is 42.0 Å². The molecule has 1 aromatic carbocycles. The number of hydrogen-bond donors (Lipinski definition) is 1. The number of anilines is 1. The summed E-state index contributed by atoms with van der Waals surface area (Å²) in [5.74, 6) is -0.0698. The third-order valence-electron chi connectivity index (χ3n) is 2.67. The van der Waals surface area contributed by atoms with Gasteiger partial charge >= 0.3 is 0 Å². The van der Waals surface area contributed by atoms with E-state index < -0.39 is 0 Å². The fourth-order valence-corrected chi connectivity index (χ4v) is 2.54. The predicted molar refractivity (Wildman–Crippen MR) is 80.8 cm³/mol. The highest BCUT2D eigenvalue weighted by Crippen LogP contribution is 2.31. The Morgan fingerprint density at radius 3 is 2.53 bits per heavy atom. The highest BCUT2D eigenvalue weighted by Gasteiger charge is 2.13. The Kier molecular flexibility index (Phi) is 4.22. The zero-order valence-electron chi connectivity index (χ0n) is 11.0. The van der Waals surface area contributed by atoms with Gasteiger partial charge in [0.15, 0.2) is 5.13 Å². The van der Waals surface area contributed by atoms with Crippen LogP contribution in [0.25, 0.3) is 11.3 Å². The average molecular weight is 295 g/mol. The second kappa shape index (κ2) is 5.72. The first-order valence-electron chi connectivity index (χ1n) is 6.01. The molecule has 0 fully saturated rings. The van der Waals surface area contributed by atoms with Crippen molar-refractivity contribution in [3.63, 3.8) is 0 Å². The molecule has 0 saturated carbocycles. The number of halogens is 1. The number of rotatable bonds is 3. The minimum atomic E-state index is -0.0526. The van der Waals surface area contributed by atoms with Crippen LogP contribution in [-0.4, -0.2) is 10.9 Å². The Labute approximate surface area is 121 Å². The molecule has 0 radical (unpaired) electrons. The molecule has 1 amide bonds. The Morgan fingerprint density at radius 2 is 1.95 bits per heavy atom. The third-order valence-corrected chi connectivity index (χ3v) is 3.81. The lowest BCUT2D eigenvalue weighted by molar-refractivity contribution is -0.118. The highest BCUT2D eigenvalue weighted by molar-refractivity contribution is 7.16. The third kappa shape index (κ3) is 3.33. The second-order valence-corrected chi connectivity index (χ2v) is 6.21. The van der Waals surface area contributed by atoms with E-state index in [1.54, 1.807) is 0 Å². The molecular formula is C14H15ClN2OS. The number of nitrogens with one attached hydrogen (secondary N) is 1. The summed E-state index contributed by atoms with van der Waals surface area (Å²) in [5.41, 5.74) is 1.89. The van der Waals surface area contributed by atoms with Crippen molar-refractivity contribution in [2.24, 2.45) is 5.92 Å². The summed E-state index contributed by atoms with van der Waals surface area (Å²) in [5, 5.41) is 4.17. The maximum atomic E-state index is 11.7. The Morgan fingerprint density at radius 1 is 1.32 bits per heavy atom. The van der Waals surface area contributed by atoms with Crippen LogP contribution in [0.2, 0.25) is 5.02 Å². The summed E-state index contributed by atoms with van der Waals surface area (Å²) in [7, 11) is 0. The molecule has 1 heterocycles. The van der Waals surface area contributed by atoms with Gasteiger partial charge in [0, 0.05) is 21.4 Å². The fraction of sp³-hybridized carbons (Fsp3) is 0.286. The molecule has 5 heteroatoms. The second-order valence-electron chi connectivity index (χ2n) is 4.57. The van der Waals surface area contributed by atoms with Gasteiger partial charge in [0.2, 0.25) is 5.91 Å². The molecule has 0 spiro atoms. The number of benzene rings is 1. The number of amides is 1. The molecule has 1 aromatic heterocycles. The van der Waals surface area contributed by atoms with E-state index in [0.29, 0.717) is 10.2 Å². The minimum absolute atomic E-state index is 0.0172. The monoisotopic (exact) mass is 294 g/mol. The van der Waals surface area contributed by atoms with E-state index in [0.717, 1.165) is 16.1 Å². The van der Waals surface area contributed by atoms with Crippen LogP contribution in [-0.2, 0) is 4.79 Å². The molecule has 0 saturated heterocycles. The summed E-state index contributed by atoms with van der Waals surface area (Å²) in [6, 6.07) is 7.53. The first-order chi connectivity index (χ1) is 8.97. The van der Waals surface area contributed by atoms with Gasteiger partial charge in [-0.3, -0.25) is 4.79 Å². The first kappa shape index (κ1) is 14.0. The van der Waals surface area contributed by atoms with Crippen molar-refractivity contribution < 1.29 is 4.79 Å². The Bertz CT molecular complexity index is 590. The Hall–Kier alpha value is -1.39. The van der Waals surface area contributed by atoms with Gasteiger partial charge in [-0.15, -0.1) is 11.3 Å². The van der Waals surface area contributed by atoms with E-state index in [-0.39, 0.29) is 11.8 Å². The molecule has 2 aromatic rings. The normalized spacial score (nSPS) is 10.8. The van der Waals surface area contributed by atoms with E-state index in [2.05, 4.69) is 10.3 Å². The molecule has 2 rings (SSSR count). The standard InChI is InChI=1S/C14H15ClN2OS/c1-8(2)13(18)17-14-16-12(9(3)19-14)10-4-6-11(15)7-5-10/h4-8H,1-3H3,(H,16,17,18). The molecule has 0 aliphatic rings. The van der Waals surface area contributed by atoms with Crippen molar-refractivity contribution in [2.75, 3.05) is 5.32 Å². The van der Waals surface area contributed by atoms with E-state index in [1.807, 2.05) is 45.0 Å². The van der Waals surface area contributed by atoms with Crippen molar-refractivity contribution in [1.29, 1.82) is 0 Å². The van der Waals surface area contributed by atoms with Crippen molar-refractivity contribution in [1.82, 2.24) is 4.98 Å². The van der Waals surface area contributed by atoms with Crippen molar-refractivity contribution in [3.8, 4) is 11.3 Å². The van der Waals surface area contributed by atoms with Gasteiger partial charge in [-0.2, -0.15) is 0 Å². The molecule has 0 aliphatic carbocycles. The number of aryl methyl sites for hydroxylation is 1. The lowest BCUT2D eigenvalue weighted by Gasteiger charge is -2.03. The van der Waals surface area contributed by atoms with Crippen molar-refractivity contribution in [3.05, 3.63) is 34.2 Å². The van der Waals surface area contributed by atoms with Crippen LogP contribution < -0.4 is 5.32 Å². The van der Waals surface area contributed by atoms with Gasteiger partial charge < -0.3 is 5.32 Å². The summed E-state index contributed by atoms with van der Waals surface area (Å²) >= 11 is 7.36. The van der Waals surface area contributed by atoms with Crippen molar-refractivity contribution >= 4 is 34.0 Å². The molecule has 0 atom stereocenters. The molecule has 0 aliphatic heterocycles. The minimum Gasteiger partial charge on any atom is -0.302 e. The van der Waals surface area contributed by atoms with E-state index >= 15 is 0 Å². The molecule has 0 unspecified atom stereocenters. The van der Waals surface area contributed by atoms with Crippen LogP contribution in [0.5, 0.6) is 0 Å². The number of hydrogen-bond acceptors (Lipinski definition) is 3. The van der Waals surface area contributed by atoms with Crippen LogP contribution >= 0.6 is 22.9 Å². The first-order valence-corrected chi connectivity index (χ1v) is 7.21. The summed E-state index contributed by atoms with van der Waals surface area (Å²) in [4.78, 5) is 17.2. The van der Waals surface area contributed by atoms with Gasteiger partial charge in [0.05, 0.1) is 5.69 Å². The van der Waals surface area contributed by atoms with Gasteiger partial charge in [0.25, 0.3) is 0 Å². The maximum Gasteiger partial charge on any atom is 0.228 e. The molecule has 3 nitrogen and oxygen atoms in total. The van der Waals surface area contributed by atoms with Gasteiger partial charge in [-0.25, -0.2) is 4.98 Å². The van der Waals surface area contributed by atoms with Gasteiger partial charge in [0.1, 0.15) is 0 Å². The van der Waals surface area contributed by atoms with E-state index in [9.17, 15) is 4.79 Å². The van der Waals surface area contributed by atoms with E-state index in [4.69, 9.17) is 11.6 Å². The quantitative estimate of drug-likeness (QED) is 0.913. The number of thiazole rings is 1. The maximum absolute atomic E-state index is 11.7. The van der Waals surface area contributed by atoms with Gasteiger partial charge in [-0.1, -0.05) is 37.6 Å². The number of aromatic nitrogens is 1. The van der Waals surface area contributed by atoms with Crippen LogP contribution in [0.3, 0.4) is 0 Å². The largest absolute Gasteiger partial charge is 0.302 e. The predicted octanol–water partition coefficient (Wildman–Crippen LogP) is 4.37. The van der Waals surface area contributed by atoms with Crippen LogP contribution in [0.1, 0.15) is 18.7 Å². The van der Waals surface area contributed by atoms with Crippen LogP contribution in [0.15, 0.2) is 24.3 Å². The Balaban J connectivity index is 2.26. The zero-order chi connectivity index (χ0) is 14.0. The smallest absolute Gasteiger partial charge is 0.228 e. The molecule has 19 heavy (non-hydrogen) atoms. The molecule has 0 bridgehead atoms. The van der Waals surface area contributed by atoms with Crippen LogP contribution in [0, 0.1) is 12.8 Å². The average Bonchev–Trinajstić information content (AvgIpc) is 2.71. The molecule has 1 N–H and O–H groups in total. The summed E-state index contributed by atoms with van der Waals surface area (Å²) in [6.07, 6.45) is 0. The van der Waals surface area contributed by atoms with Gasteiger partial charge in [-0.05, 0) is 19.1 Å². The summed E-state index contributed by atoms with van der Waals surface area (Å²) in [6.45, 7) is 5.71. The number of nitrogens with zero attached hydrogens (tertiary/aromatic N) is 1. The SMILES string of the molecule is Cc1sc(NC(=O)C(C)C)nc1-c1ccc(Cl)cc1. The van der Waals surface area contributed by atoms with E-state index in [1.165, 1.54) is 11.3 Å². The zero-order valence-corrected chi connectivity index (χ0v) is 12.6. The lowest BCUT2D eigenvalue weighted by atomic mass is 10.1.